The second-order valence-corrected chi connectivity index (χ2v) is 8.27. The van der Waals surface area contributed by atoms with E-state index in [2.05, 4.69) is 18.7 Å². The average Bonchev–Trinajstić information content (AvgIpc) is 3.15. The first kappa shape index (κ1) is 18.5. The minimum atomic E-state index is -0.504. The Morgan fingerprint density at radius 1 is 1.07 bits per heavy atom. The lowest BCUT2D eigenvalue weighted by atomic mass is 10.1. The molecule has 0 aliphatic carbocycles. The molecule has 7 heteroatoms. The van der Waals surface area contributed by atoms with Crippen LogP contribution in [0, 0.1) is 12.8 Å². The molecule has 0 radical (unpaired) electrons. The summed E-state index contributed by atoms with van der Waals surface area (Å²) in [7, 11) is 1.73. The van der Waals surface area contributed by atoms with Crippen LogP contribution < -0.4 is 0 Å². The lowest BCUT2D eigenvalue weighted by Crippen LogP contribution is -2.63. The van der Waals surface area contributed by atoms with Crippen LogP contribution in [0.3, 0.4) is 0 Å². The van der Waals surface area contributed by atoms with Gasteiger partial charge in [-0.15, -0.1) is 0 Å². The van der Waals surface area contributed by atoms with Crippen molar-refractivity contribution in [1.82, 2.24) is 19.6 Å². The molecule has 2 unspecified atom stereocenters. The SMILES string of the molecule is CC1=CN2C(=NC3C2C(=O)N(Cc2ccc(C)cc2)C(=O)N3C)N1CC(C)C. The maximum Gasteiger partial charge on any atom is 0.328 e. The summed E-state index contributed by atoms with van der Waals surface area (Å²) in [6.07, 6.45) is 1.50. The van der Waals surface area contributed by atoms with Gasteiger partial charge in [0.1, 0.15) is 0 Å². The molecule has 3 heterocycles. The molecule has 4 rings (SSSR count). The van der Waals surface area contributed by atoms with Crippen LogP contribution in [-0.2, 0) is 11.3 Å². The Balaban J connectivity index is 1.62. The van der Waals surface area contributed by atoms with E-state index in [-0.39, 0.29) is 18.5 Å². The first-order valence-corrected chi connectivity index (χ1v) is 9.73. The average molecular weight is 381 g/mol. The van der Waals surface area contributed by atoms with Crippen LogP contribution in [0.4, 0.5) is 4.79 Å². The number of aliphatic imine (C=N–C) groups is 1. The number of aryl methyl sites for hydroxylation is 1. The molecule has 1 aromatic rings. The number of amides is 3. The van der Waals surface area contributed by atoms with Crippen molar-refractivity contribution < 1.29 is 9.59 Å². The number of rotatable bonds is 4. The maximum atomic E-state index is 13.3. The lowest BCUT2D eigenvalue weighted by molar-refractivity contribution is -0.137. The van der Waals surface area contributed by atoms with Gasteiger partial charge in [-0.1, -0.05) is 43.7 Å². The number of carbonyl (C=O) groups is 2. The highest BCUT2D eigenvalue weighted by atomic mass is 16.2. The fourth-order valence-electron chi connectivity index (χ4n) is 4.01. The fraction of sp³-hybridized carbons (Fsp3) is 0.476. The predicted molar refractivity (Wildman–Crippen MR) is 107 cm³/mol. The Hall–Kier alpha value is -2.83. The molecule has 2 atom stereocenters. The molecule has 0 bridgehead atoms. The Labute approximate surface area is 165 Å². The van der Waals surface area contributed by atoms with Crippen molar-refractivity contribution in [2.45, 2.75) is 46.4 Å². The molecule has 3 aliphatic heterocycles. The third-order valence-corrected chi connectivity index (χ3v) is 5.51. The van der Waals surface area contributed by atoms with Crippen molar-refractivity contribution in [1.29, 1.82) is 0 Å². The number of hydrogen-bond acceptors (Lipinski definition) is 5. The van der Waals surface area contributed by atoms with Crippen molar-refractivity contribution in [3.05, 3.63) is 47.3 Å². The van der Waals surface area contributed by atoms with Gasteiger partial charge in [0, 0.05) is 25.5 Å². The molecule has 1 aromatic carbocycles. The molecule has 7 nitrogen and oxygen atoms in total. The van der Waals surface area contributed by atoms with E-state index in [1.54, 1.807) is 11.9 Å². The van der Waals surface area contributed by atoms with Gasteiger partial charge in [0.2, 0.25) is 5.96 Å². The molecule has 0 spiro atoms. The summed E-state index contributed by atoms with van der Waals surface area (Å²) in [6.45, 7) is 9.46. The van der Waals surface area contributed by atoms with Gasteiger partial charge in [-0.2, -0.15) is 0 Å². The third kappa shape index (κ3) is 2.85. The number of imide groups is 1. The summed E-state index contributed by atoms with van der Waals surface area (Å²) in [5, 5.41) is 0. The van der Waals surface area contributed by atoms with Crippen LogP contribution in [0.25, 0.3) is 0 Å². The maximum absolute atomic E-state index is 13.3. The minimum Gasteiger partial charge on any atom is -0.315 e. The van der Waals surface area contributed by atoms with Crippen molar-refractivity contribution in [2.75, 3.05) is 13.6 Å². The molecular formula is C21H27N5O2. The van der Waals surface area contributed by atoms with E-state index < -0.39 is 12.2 Å². The number of benzene rings is 1. The highest BCUT2D eigenvalue weighted by molar-refractivity contribution is 6.04. The third-order valence-electron chi connectivity index (χ3n) is 5.51. The normalized spacial score (nSPS) is 24.1. The number of hydrogen-bond donors (Lipinski definition) is 0. The molecule has 1 saturated heterocycles. The van der Waals surface area contributed by atoms with Crippen molar-refractivity contribution >= 4 is 17.9 Å². The molecule has 1 fully saturated rings. The van der Waals surface area contributed by atoms with Gasteiger partial charge in [0.25, 0.3) is 5.91 Å². The zero-order chi connectivity index (χ0) is 20.2. The van der Waals surface area contributed by atoms with Crippen LogP contribution >= 0.6 is 0 Å². The van der Waals surface area contributed by atoms with Crippen molar-refractivity contribution in [3.63, 3.8) is 0 Å². The van der Waals surface area contributed by atoms with E-state index in [0.29, 0.717) is 5.92 Å². The van der Waals surface area contributed by atoms with Crippen LogP contribution in [-0.4, -0.2) is 63.3 Å². The van der Waals surface area contributed by atoms with Gasteiger partial charge in [0.05, 0.1) is 6.54 Å². The number of nitrogens with zero attached hydrogens (tertiary/aromatic N) is 5. The number of guanidine groups is 1. The Morgan fingerprint density at radius 2 is 1.75 bits per heavy atom. The second kappa shape index (κ2) is 6.65. The number of fused-ring (bicyclic) bond motifs is 3. The summed E-state index contributed by atoms with van der Waals surface area (Å²) in [4.78, 5) is 38.0. The van der Waals surface area contributed by atoms with Crippen molar-refractivity contribution in [2.24, 2.45) is 10.9 Å². The molecule has 3 aliphatic rings. The van der Waals surface area contributed by atoms with Gasteiger partial charge in [-0.05, 0) is 25.3 Å². The van der Waals surface area contributed by atoms with Crippen LogP contribution in [0.5, 0.6) is 0 Å². The molecule has 0 aromatic heterocycles. The van der Waals surface area contributed by atoms with Gasteiger partial charge < -0.3 is 14.7 Å². The van der Waals surface area contributed by atoms with Crippen molar-refractivity contribution in [3.8, 4) is 0 Å². The summed E-state index contributed by atoms with van der Waals surface area (Å²) in [6, 6.07) is 7.11. The smallest absolute Gasteiger partial charge is 0.315 e. The summed E-state index contributed by atoms with van der Waals surface area (Å²) in [5.74, 6) is 1.04. The standard InChI is InChI=1S/C21H27N5O2/c1-13(2)10-24-15(4)11-25-17-18(22-20(24)25)23(5)21(28)26(19(17)27)12-16-8-6-14(3)7-9-16/h6-9,11,13,17-18H,10,12H2,1-5H3. The Bertz CT molecular complexity index is 873. The summed E-state index contributed by atoms with van der Waals surface area (Å²) < 4.78 is 0. The topological polar surface area (TPSA) is 59.5 Å². The van der Waals surface area contributed by atoms with E-state index in [9.17, 15) is 9.59 Å². The summed E-state index contributed by atoms with van der Waals surface area (Å²) >= 11 is 0. The van der Waals surface area contributed by atoms with E-state index in [1.807, 2.05) is 49.2 Å². The molecule has 0 N–H and O–H groups in total. The van der Waals surface area contributed by atoms with Crippen LogP contribution in [0.2, 0.25) is 0 Å². The minimum absolute atomic E-state index is 0.192. The van der Waals surface area contributed by atoms with Gasteiger partial charge in [-0.3, -0.25) is 9.69 Å². The fourth-order valence-corrected chi connectivity index (χ4v) is 4.01. The largest absolute Gasteiger partial charge is 0.328 e. The zero-order valence-corrected chi connectivity index (χ0v) is 17.1. The highest BCUT2D eigenvalue weighted by Crippen LogP contribution is 2.34. The van der Waals surface area contributed by atoms with E-state index >= 15 is 0 Å². The number of allylic oxidation sites excluding steroid dienone is 1. The quantitative estimate of drug-likeness (QED) is 0.804. The number of urea groups is 1. The zero-order valence-electron chi connectivity index (χ0n) is 17.1. The predicted octanol–water partition coefficient (Wildman–Crippen LogP) is 2.59. The number of likely N-dealkylation sites (N-methyl/N-ethyl adjacent to an activating group) is 1. The van der Waals surface area contributed by atoms with Crippen LogP contribution in [0.1, 0.15) is 31.9 Å². The Morgan fingerprint density at radius 3 is 2.39 bits per heavy atom. The highest BCUT2D eigenvalue weighted by Gasteiger charge is 2.54. The van der Waals surface area contributed by atoms with E-state index in [0.717, 1.165) is 29.3 Å². The molecular weight excluding hydrogens is 354 g/mol. The first-order valence-electron chi connectivity index (χ1n) is 9.73. The molecule has 148 valence electrons. The molecule has 28 heavy (non-hydrogen) atoms. The van der Waals surface area contributed by atoms with E-state index in [4.69, 9.17) is 4.99 Å². The van der Waals surface area contributed by atoms with Gasteiger partial charge in [-0.25, -0.2) is 9.79 Å². The molecule has 0 saturated carbocycles. The Kier molecular flexibility index (Phi) is 4.40. The summed E-state index contributed by atoms with van der Waals surface area (Å²) in [5.41, 5.74) is 3.16. The first-order chi connectivity index (χ1) is 13.3. The lowest BCUT2D eigenvalue weighted by Gasteiger charge is -2.40. The van der Waals surface area contributed by atoms with Gasteiger partial charge in [0.15, 0.2) is 12.2 Å². The van der Waals surface area contributed by atoms with E-state index in [1.165, 1.54) is 4.90 Å². The number of carbonyl (C=O) groups excluding carboxylic acids is 2. The second-order valence-electron chi connectivity index (χ2n) is 8.27. The molecule has 3 amide bonds. The van der Waals surface area contributed by atoms with Gasteiger partial charge >= 0.3 is 6.03 Å². The van der Waals surface area contributed by atoms with Crippen LogP contribution in [0.15, 0.2) is 41.2 Å². The monoisotopic (exact) mass is 381 g/mol.